The van der Waals surface area contributed by atoms with Crippen LogP contribution in [0.4, 0.5) is 0 Å². The molecule has 0 bridgehead atoms. The van der Waals surface area contributed by atoms with E-state index in [9.17, 15) is 4.79 Å². The molecule has 0 saturated carbocycles. The molecule has 17 heavy (non-hydrogen) atoms. The van der Waals surface area contributed by atoms with Crippen LogP contribution in [0, 0.1) is 6.92 Å². The van der Waals surface area contributed by atoms with Crippen LogP contribution in [-0.2, 0) is 0 Å². The molecular weight excluding hydrogens is 240 g/mol. The maximum atomic E-state index is 10.7. The van der Waals surface area contributed by atoms with Gasteiger partial charge in [-0.1, -0.05) is 12.1 Å². The first-order valence-electron chi connectivity index (χ1n) is 4.91. The zero-order valence-electron chi connectivity index (χ0n) is 9.01. The fourth-order valence-corrected chi connectivity index (χ4v) is 1.62. The van der Waals surface area contributed by atoms with Crippen LogP contribution in [0.5, 0.6) is 0 Å². The number of aromatic carboxylic acids is 1. The van der Waals surface area contributed by atoms with Crippen LogP contribution in [0.3, 0.4) is 0 Å². The zero-order valence-corrected chi connectivity index (χ0v) is 9.77. The predicted octanol–water partition coefficient (Wildman–Crippen LogP) is 2.80. The van der Waals surface area contributed by atoms with Gasteiger partial charge in [-0.15, -0.1) is 0 Å². The lowest BCUT2D eigenvalue weighted by Gasteiger charge is -2.05. The molecule has 0 aliphatic rings. The van der Waals surface area contributed by atoms with Crippen LogP contribution < -0.4 is 0 Å². The summed E-state index contributed by atoms with van der Waals surface area (Å²) in [5.41, 5.74) is 2.66. The van der Waals surface area contributed by atoms with E-state index in [2.05, 4.69) is 9.97 Å². The van der Waals surface area contributed by atoms with E-state index in [0.717, 1.165) is 11.1 Å². The first kappa shape index (κ1) is 11.5. The number of halogens is 1. The summed E-state index contributed by atoms with van der Waals surface area (Å²) in [7, 11) is 0. The Bertz CT molecular complexity index is 567. The highest BCUT2D eigenvalue weighted by molar-refractivity contribution is 6.28. The van der Waals surface area contributed by atoms with Crippen LogP contribution in [0.15, 0.2) is 30.5 Å². The lowest BCUT2D eigenvalue weighted by atomic mass is 10.1. The summed E-state index contributed by atoms with van der Waals surface area (Å²) in [5.74, 6) is -0.950. The molecule has 86 valence electrons. The quantitative estimate of drug-likeness (QED) is 0.830. The van der Waals surface area contributed by atoms with Crippen molar-refractivity contribution < 1.29 is 9.90 Å². The largest absolute Gasteiger partial charge is 0.478 e. The Morgan fingerprint density at radius 3 is 2.53 bits per heavy atom. The number of hydrogen-bond acceptors (Lipinski definition) is 3. The number of aryl methyl sites for hydroxylation is 1. The first-order chi connectivity index (χ1) is 8.08. The Labute approximate surface area is 103 Å². The third-order valence-corrected chi connectivity index (χ3v) is 2.53. The third-order valence-electron chi connectivity index (χ3n) is 2.35. The number of hydrogen-bond donors (Lipinski definition) is 1. The first-order valence-corrected chi connectivity index (χ1v) is 5.28. The molecule has 0 radical (unpaired) electrons. The average molecular weight is 249 g/mol. The van der Waals surface area contributed by atoms with E-state index in [4.69, 9.17) is 16.7 Å². The number of carbonyl (C=O) groups is 1. The summed E-state index contributed by atoms with van der Waals surface area (Å²) in [6, 6.07) is 6.48. The summed E-state index contributed by atoms with van der Waals surface area (Å²) < 4.78 is 0. The molecule has 0 spiro atoms. The average Bonchev–Trinajstić information content (AvgIpc) is 2.32. The molecule has 0 saturated heterocycles. The molecule has 2 aromatic rings. The Kier molecular flexibility index (Phi) is 3.06. The van der Waals surface area contributed by atoms with Gasteiger partial charge in [-0.25, -0.2) is 14.8 Å². The van der Waals surface area contributed by atoms with Crippen LogP contribution in [0.25, 0.3) is 11.3 Å². The van der Waals surface area contributed by atoms with Crippen LogP contribution in [-0.4, -0.2) is 21.0 Å². The second kappa shape index (κ2) is 4.51. The number of nitrogens with zero attached hydrogens (tertiary/aromatic N) is 2. The molecule has 0 amide bonds. The Hall–Kier alpha value is -1.94. The standard InChI is InChI=1S/C12H9ClN2O2/c1-7-6-14-12(13)15-10(7)8-2-4-9(5-3-8)11(16)17/h2-6H,1H3,(H,16,17). The molecule has 0 atom stereocenters. The Morgan fingerprint density at radius 1 is 1.29 bits per heavy atom. The van der Waals surface area contributed by atoms with Crippen molar-refractivity contribution in [3.05, 3.63) is 46.9 Å². The smallest absolute Gasteiger partial charge is 0.335 e. The summed E-state index contributed by atoms with van der Waals surface area (Å²) in [6.45, 7) is 1.87. The van der Waals surface area contributed by atoms with Crippen molar-refractivity contribution in [2.75, 3.05) is 0 Å². The highest BCUT2D eigenvalue weighted by Crippen LogP contribution is 2.22. The van der Waals surface area contributed by atoms with Gasteiger partial charge in [0.15, 0.2) is 0 Å². The van der Waals surface area contributed by atoms with Gasteiger partial charge < -0.3 is 5.11 Å². The van der Waals surface area contributed by atoms with Gasteiger partial charge in [0, 0.05) is 11.8 Å². The fraction of sp³-hybridized carbons (Fsp3) is 0.0833. The highest BCUT2D eigenvalue weighted by Gasteiger charge is 2.07. The topological polar surface area (TPSA) is 63.1 Å². The molecule has 2 rings (SSSR count). The molecular formula is C12H9ClN2O2. The molecule has 0 unspecified atom stereocenters. The number of benzene rings is 1. The normalized spacial score (nSPS) is 10.2. The van der Waals surface area contributed by atoms with Gasteiger partial charge in [0.2, 0.25) is 5.28 Å². The van der Waals surface area contributed by atoms with Gasteiger partial charge in [-0.3, -0.25) is 0 Å². The van der Waals surface area contributed by atoms with Crippen molar-refractivity contribution in [3.63, 3.8) is 0 Å². The molecule has 0 fully saturated rings. The second-order valence-electron chi connectivity index (χ2n) is 3.55. The van der Waals surface area contributed by atoms with Crippen molar-refractivity contribution in [1.29, 1.82) is 0 Å². The van der Waals surface area contributed by atoms with E-state index in [1.165, 1.54) is 12.1 Å². The number of aromatic nitrogens is 2. The van der Waals surface area contributed by atoms with Gasteiger partial charge in [-0.05, 0) is 36.2 Å². The van der Waals surface area contributed by atoms with E-state index in [0.29, 0.717) is 5.69 Å². The van der Waals surface area contributed by atoms with E-state index < -0.39 is 5.97 Å². The number of carboxylic acid groups (broad SMARTS) is 1. The summed E-state index contributed by atoms with van der Waals surface area (Å²) in [6.07, 6.45) is 1.63. The van der Waals surface area contributed by atoms with Crippen molar-refractivity contribution >= 4 is 17.6 Å². The summed E-state index contributed by atoms with van der Waals surface area (Å²) >= 11 is 5.73. The molecule has 1 aromatic carbocycles. The number of carboxylic acids is 1. The summed E-state index contributed by atoms with van der Waals surface area (Å²) in [4.78, 5) is 18.7. The van der Waals surface area contributed by atoms with Crippen molar-refractivity contribution in [2.45, 2.75) is 6.92 Å². The van der Waals surface area contributed by atoms with E-state index >= 15 is 0 Å². The lowest BCUT2D eigenvalue weighted by Crippen LogP contribution is -1.96. The zero-order chi connectivity index (χ0) is 12.4. The minimum absolute atomic E-state index is 0.174. The monoisotopic (exact) mass is 248 g/mol. The van der Waals surface area contributed by atoms with E-state index in [-0.39, 0.29) is 10.8 Å². The van der Waals surface area contributed by atoms with Crippen molar-refractivity contribution in [3.8, 4) is 11.3 Å². The number of rotatable bonds is 2. The molecule has 5 heteroatoms. The van der Waals surface area contributed by atoms with Gasteiger partial charge in [0.1, 0.15) is 0 Å². The minimum Gasteiger partial charge on any atom is -0.478 e. The van der Waals surface area contributed by atoms with Gasteiger partial charge in [0.25, 0.3) is 0 Å². The Morgan fingerprint density at radius 2 is 1.94 bits per heavy atom. The van der Waals surface area contributed by atoms with Crippen LogP contribution in [0.2, 0.25) is 5.28 Å². The maximum absolute atomic E-state index is 10.7. The second-order valence-corrected chi connectivity index (χ2v) is 3.89. The van der Waals surface area contributed by atoms with Crippen molar-refractivity contribution in [1.82, 2.24) is 9.97 Å². The molecule has 4 nitrogen and oxygen atoms in total. The van der Waals surface area contributed by atoms with E-state index in [1.54, 1.807) is 18.3 Å². The van der Waals surface area contributed by atoms with Gasteiger partial charge in [0.05, 0.1) is 11.3 Å². The van der Waals surface area contributed by atoms with Crippen LogP contribution in [0.1, 0.15) is 15.9 Å². The molecule has 0 aliphatic heterocycles. The fourth-order valence-electron chi connectivity index (χ4n) is 1.48. The highest BCUT2D eigenvalue weighted by atomic mass is 35.5. The predicted molar refractivity (Wildman–Crippen MR) is 64.2 cm³/mol. The molecule has 1 aromatic heterocycles. The van der Waals surface area contributed by atoms with E-state index in [1.807, 2.05) is 6.92 Å². The summed E-state index contributed by atoms with van der Waals surface area (Å²) in [5, 5.41) is 8.97. The molecule has 1 N–H and O–H groups in total. The lowest BCUT2D eigenvalue weighted by molar-refractivity contribution is 0.0697. The van der Waals surface area contributed by atoms with Crippen LogP contribution >= 0.6 is 11.6 Å². The third kappa shape index (κ3) is 2.42. The molecule has 1 heterocycles. The Balaban J connectivity index is 2.46. The van der Waals surface area contributed by atoms with Crippen molar-refractivity contribution in [2.24, 2.45) is 0 Å². The maximum Gasteiger partial charge on any atom is 0.335 e. The molecule has 0 aliphatic carbocycles. The minimum atomic E-state index is -0.950. The SMILES string of the molecule is Cc1cnc(Cl)nc1-c1ccc(C(=O)O)cc1. The van der Waals surface area contributed by atoms with Gasteiger partial charge in [-0.2, -0.15) is 0 Å². The van der Waals surface area contributed by atoms with Gasteiger partial charge >= 0.3 is 5.97 Å².